The number of hydrogen-bond donors (Lipinski definition) is 3. The predicted octanol–water partition coefficient (Wildman–Crippen LogP) is 2.61. The van der Waals surface area contributed by atoms with Crippen molar-refractivity contribution >= 4 is 17.8 Å². The molecule has 0 aliphatic carbocycles. The molecule has 134 valence electrons. The molecule has 6 nitrogen and oxygen atoms in total. The zero-order valence-corrected chi connectivity index (χ0v) is 14.6. The van der Waals surface area contributed by atoms with Gasteiger partial charge in [0.25, 0.3) is 0 Å². The molecule has 3 rings (SSSR count). The van der Waals surface area contributed by atoms with Crippen molar-refractivity contribution in [3.63, 3.8) is 0 Å². The number of nitrogens with zero attached hydrogens (tertiary/aromatic N) is 2. The highest BCUT2D eigenvalue weighted by Crippen LogP contribution is 2.20. The van der Waals surface area contributed by atoms with Crippen molar-refractivity contribution in [3.05, 3.63) is 59.7 Å². The van der Waals surface area contributed by atoms with Gasteiger partial charge in [-0.3, -0.25) is 14.8 Å². The van der Waals surface area contributed by atoms with Gasteiger partial charge in [-0.05, 0) is 55.8 Å². The Balaban J connectivity index is 1.66. The van der Waals surface area contributed by atoms with E-state index in [1.165, 1.54) is 0 Å². The van der Waals surface area contributed by atoms with E-state index in [1.807, 2.05) is 13.8 Å². The van der Waals surface area contributed by atoms with Crippen LogP contribution in [-0.2, 0) is 4.79 Å². The van der Waals surface area contributed by atoms with Crippen molar-refractivity contribution in [2.24, 2.45) is 9.98 Å². The maximum absolute atomic E-state index is 12.5. The van der Waals surface area contributed by atoms with Gasteiger partial charge in [-0.1, -0.05) is 12.1 Å². The minimum atomic E-state index is -0.428. The Bertz CT molecular complexity index is 842. The molecule has 0 spiro atoms. The highest BCUT2D eigenvalue weighted by molar-refractivity contribution is 6.38. The molecule has 0 saturated carbocycles. The molecule has 0 radical (unpaired) electrons. The molecular formula is C20H21N3O3. The van der Waals surface area contributed by atoms with Crippen molar-refractivity contribution < 1.29 is 15.0 Å². The van der Waals surface area contributed by atoms with Crippen molar-refractivity contribution in [1.82, 2.24) is 5.32 Å². The average molecular weight is 351 g/mol. The number of aromatic hydroxyl groups is 2. The second kappa shape index (κ2) is 7.39. The Kier molecular flexibility index (Phi) is 5.02. The first-order chi connectivity index (χ1) is 12.4. The summed E-state index contributed by atoms with van der Waals surface area (Å²) in [6.07, 6.45) is 1.21. The van der Waals surface area contributed by atoms with Gasteiger partial charge < -0.3 is 15.5 Å². The molecule has 26 heavy (non-hydrogen) atoms. The highest BCUT2D eigenvalue weighted by atomic mass is 16.3. The van der Waals surface area contributed by atoms with Gasteiger partial charge in [0.2, 0.25) is 5.91 Å². The fourth-order valence-corrected chi connectivity index (χ4v) is 2.72. The van der Waals surface area contributed by atoms with Crippen LogP contribution >= 0.6 is 0 Å². The van der Waals surface area contributed by atoms with Crippen LogP contribution in [0.5, 0.6) is 11.5 Å². The molecule has 1 aliphatic heterocycles. The zero-order valence-electron chi connectivity index (χ0n) is 14.6. The number of benzene rings is 2. The Hall–Kier alpha value is -3.15. The summed E-state index contributed by atoms with van der Waals surface area (Å²) in [5.74, 6) is -0.139. The zero-order chi connectivity index (χ0) is 18.7. The summed E-state index contributed by atoms with van der Waals surface area (Å²) in [6.45, 7) is 3.71. The molecule has 2 aromatic rings. The number of phenolic OH excluding ortho intramolecular Hbond substituents is 2. The third kappa shape index (κ3) is 3.91. The third-order valence-corrected chi connectivity index (χ3v) is 4.40. The fraction of sp³-hybridized carbons (Fsp3) is 0.250. The van der Waals surface area contributed by atoms with Gasteiger partial charge in [0.15, 0.2) is 0 Å². The van der Waals surface area contributed by atoms with Crippen LogP contribution in [0, 0.1) is 0 Å². The minimum Gasteiger partial charge on any atom is -0.508 e. The number of aliphatic imine (C=N–C) groups is 2. The van der Waals surface area contributed by atoms with Crippen molar-refractivity contribution in [3.8, 4) is 11.5 Å². The summed E-state index contributed by atoms with van der Waals surface area (Å²) < 4.78 is 0. The van der Waals surface area contributed by atoms with Gasteiger partial charge >= 0.3 is 0 Å². The van der Waals surface area contributed by atoms with Crippen LogP contribution in [0.3, 0.4) is 0 Å². The summed E-state index contributed by atoms with van der Waals surface area (Å²) in [5, 5.41) is 21.6. The normalized spacial score (nSPS) is 20.3. The molecule has 3 unspecified atom stereocenters. The summed E-state index contributed by atoms with van der Waals surface area (Å²) in [6, 6.07) is 13.1. The van der Waals surface area contributed by atoms with E-state index in [-0.39, 0.29) is 29.4 Å². The van der Waals surface area contributed by atoms with Crippen molar-refractivity contribution in [2.75, 3.05) is 0 Å². The SMILES string of the molecule is CC(C(=O)NC1N=CC(c2ccc(O)cc2)=NC1C)c1ccc(O)cc1. The van der Waals surface area contributed by atoms with E-state index in [1.54, 1.807) is 54.7 Å². The van der Waals surface area contributed by atoms with E-state index >= 15 is 0 Å². The van der Waals surface area contributed by atoms with E-state index in [0.717, 1.165) is 16.8 Å². The van der Waals surface area contributed by atoms with E-state index in [4.69, 9.17) is 0 Å². The molecule has 3 atom stereocenters. The van der Waals surface area contributed by atoms with Gasteiger partial charge in [0, 0.05) is 11.8 Å². The average Bonchev–Trinajstić information content (AvgIpc) is 2.64. The molecule has 0 aromatic heterocycles. The van der Waals surface area contributed by atoms with Gasteiger partial charge in [0.1, 0.15) is 17.7 Å². The maximum Gasteiger partial charge on any atom is 0.228 e. The van der Waals surface area contributed by atoms with Gasteiger partial charge in [-0.2, -0.15) is 0 Å². The minimum absolute atomic E-state index is 0.145. The van der Waals surface area contributed by atoms with Crippen molar-refractivity contribution in [2.45, 2.75) is 32.0 Å². The Labute approximate surface area is 151 Å². The number of amides is 1. The van der Waals surface area contributed by atoms with E-state index in [2.05, 4.69) is 15.3 Å². The first-order valence-corrected chi connectivity index (χ1v) is 8.44. The third-order valence-electron chi connectivity index (χ3n) is 4.40. The van der Waals surface area contributed by atoms with Crippen LogP contribution in [0.25, 0.3) is 0 Å². The predicted molar refractivity (Wildman–Crippen MR) is 101 cm³/mol. The second-order valence-corrected chi connectivity index (χ2v) is 6.35. The van der Waals surface area contributed by atoms with Crippen LogP contribution in [0.2, 0.25) is 0 Å². The largest absolute Gasteiger partial charge is 0.508 e. The summed E-state index contributed by atoms with van der Waals surface area (Å²) in [4.78, 5) is 21.5. The van der Waals surface area contributed by atoms with Crippen LogP contribution in [0.4, 0.5) is 0 Å². The number of hydrogen-bond acceptors (Lipinski definition) is 5. The lowest BCUT2D eigenvalue weighted by atomic mass is 10.00. The number of rotatable bonds is 4. The van der Waals surface area contributed by atoms with E-state index in [9.17, 15) is 15.0 Å². The Morgan fingerprint density at radius 1 is 1.04 bits per heavy atom. The molecule has 3 N–H and O–H groups in total. The number of nitrogens with one attached hydrogen (secondary N) is 1. The molecule has 0 saturated heterocycles. The standard InChI is InChI=1S/C20H21N3O3/c1-12(14-3-7-16(24)8-4-14)20(26)23-19-13(2)22-18(11-21-19)15-5-9-17(25)10-6-15/h3-13,19,24-25H,1-2H3,(H,23,26). The first kappa shape index (κ1) is 17.7. The second-order valence-electron chi connectivity index (χ2n) is 6.35. The quantitative estimate of drug-likeness (QED) is 0.790. The number of carbonyl (C=O) groups is 1. The van der Waals surface area contributed by atoms with E-state index < -0.39 is 6.17 Å². The van der Waals surface area contributed by atoms with E-state index in [0.29, 0.717) is 0 Å². The first-order valence-electron chi connectivity index (χ1n) is 8.44. The molecule has 1 aliphatic rings. The van der Waals surface area contributed by atoms with Crippen LogP contribution in [0.1, 0.15) is 30.9 Å². The lowest BCUT2D eigenvalue weighted by molar-refractivity contribution is -0.123. The van der Waals surface area contributed by atoms with Gasteiger partial charge in [-0.25, -0.2) is 0 Å². The maximum atomic E-state index is 12.5. The van der Waals surface area contributed by atoms with Crippen LogP contribution < -0.4 is 5.32 Å². The number of carbonyl (C=O) groups excluding carboxylic acids is 1. The Morgan fingerprint density at radius 2 is 1.62 bits per heavy atom. The van der Waals surface area contributed by atoms with Crippen molar-refractivity contribution in [1.29, 1.82) is 0 Å². The summed E-state index contributed by atoms with van der Waals surface area (Å²) >= 11 is 0. The van der Waals surface area contributed by atoms with Gasteiger partial charge in [0.05, 0.1) is 17.7 Å². The van der Waals surface area contributed by atoms with Crippen LogP contribution in [-0.4, -0.2) is 40.3 Å². The summed E-state index contributed by atoms with van der Waals surface area (Å²) in [5.41, 5.74) is 2.40. The lowest BCUT2D eigenvalue weighted by Gasteiger charge is -2.24. The molecular weight excluding hydrogens is 330 g/mol. The summed E-state index contributed by atoms with van der Waals surface area (Å²) in [7, 11) is 0. The topological polar surface area (TPSA) is 94.3 Å². The monoisotopic (exact) mass is 351 g/mol. The number of phenols is 2. The molecule has 1 amide bonds. The molecule has 0 bridgehead atoms. The smallest absolute Gasteiger partial charge is 0.228 e. The van der Waals surface area contributed by atoms with Gasteiger partial charge in [-0.15, -0.1) is 0 Å². The molecule has 0 fully saturated rings. The Morgan fingerprint density at radius 3 is 2.19 bits per heavy atom. The van der Waals surface area contributed by atoms with Crippen LogP contribution in [0.15, 0.2) is 58.5 Å². The fourth-order valence-electron chi connectivity index (χ4n) is 2.72. The lowest BCUT2D eigenvalue weighted by Crippen LogP contribution is -2.44. The highest BCUT2D eigenvalue weighted by Gasteiger charge is 2.24. The molecule has 2 aromatic carbocycles. The molecule has 1 heterocycles. The molecule has 6 heteroatoms.